The zero-order valence-corrected chi connectivity index (χ0v) is 9.72. The third-order valence-corrected chi connectivity index (χ3v) is 2.52. The van der Waals surface area contributed by atoms with Crippen LogP contribution >= 0.6 is 0 Å². The summed E-state index contributed by atoms with van der Waals surface area (Å²) in [5.41, 5.74) is 2.35. The van der Waals surface area contributed by atoms with Gasteiger partial charge in [0.2, 0.25) is 0 Å². The quantitative estimate of drug-likeness (QED) is 0.740. The van der Waals surface area contributed by atoms with Gasteiger partial charge >= 0.3 is 0 Å². The van der Waals surface area contributed by atoms with Gasteiger partial charge in [-0.2, -0.15) is 0 Å². The fourth-order valence-corrected chi connectivity index (χ4v) is 1.49. The second kappa shape index (κ2) is 7.39. The zero-order chi connectivity index (χ0) is 11.8. The van der Waals surface area contributed by atoms with Crippen LogP contribution < -0.4 is 0 Å². The normalized spacial score (nSPS) is 12.7. The smallest absolute Gasteiger partial charge is 0.0774 e. The summed E-state index contributed by atoms with van der Waals surface area (Å²) in [5, 5.41) is 18.1. The van der Waals surface area contributed by atoms with Gasteiger partial charge in [-0.1, -0.05) is 24.3 Å². The first-order valence-corrected chi connectivity index (χ1v) is 5.65. The molecule has 90 valence electrons. The van der Waals surface area contributed by atoms with Gasteiger partial charge in [0.15, 0.2) is 0 Å². The van der Waals surface area contributed by atoms with Crippen molar-refractivity contribution in [3.05, 3.63) is 35.4 Å². The van der Waals surface area contributed by atoms with Gasteiger partial charge < -0.3 is 14.9 Å². The molecule has 0 saturated heterocycles. The van der Waals surface area contributed by atoms with Crippen molar-refractivity contribution in [2.45, 2.75) is 32.5 Å². The van der Waals surface area contributed by atoms with E-state index in [9.17, 15) is 5.11 Å². The van der Waals surface area contributed by atoms with Crippen LogP contribution in [0.3, 0.4) is 0 Å². The maximum atomic E-state index is 9.49. The Balaban J connectivity index is 2.23. The van der Waals surface area contributed by atoms with Crippen LogP contribution in [0.1, 0.15) is 24.0 Å². The fraction of sp³-hybridized carbons (Fsp3) is 0.538. The molecule has 0 bridgehead atoms. The first kappa shape index (κ1) is 13.2. The van der Waals surface area contributed by atoms with E-state index in [0.29, 0.717) is 26.1 Å². The molecule has 3 nitrogen and oxygen atoms in total. The van der Waals surface area contributed by atoms with E-state index in [-0.39, 0.29) is 6.61 Å². The molecule has 1 aromatic rings. The molecule has 0 aromatic heterocycles. The SMILES string of the molecule is Cc1ccccc1COCC(O)CCCO. The number of benzene rings is 1. The van der Waals surface area contributed by atoms with Gasteiger partial charge in [-0.25, -0.2) is 0 Å². The van der Waals surface area contributed by atoms with Gasteiger partial charge in [-0.05, 0) is 30.9 Å². The fourth-order valence-electron chi connectivity index (χ4n) is 1.49. The van der Waals surface area contributed by atoms with Gasteiger partial charge in [-0.15, -0.1) is 0 Å². The molecule has 1 atom stereocenters. The van der Waals surface area contributed by atoms with Crippen molar-refractivity contribution in [1.82, 2.24) is 0 Å². The molecule has 2 N–H and O–H groups in total. The molecule has 3 heteroatoms. The number of hydrogen-bond acceptors (Lipinski definition) is 3. The maximum Gasteiger partial charge on any atom is 0.0774 e. The minimum atomic E-state index is -0.476. The molecule has 1 unspecified atom stereocenters. The lowest BCUT2D eigenvalue weighted by molar-refractivity contribution is 0.0214. The molecule has 0 fully saturated rings. The van der Waals surface area contributed by atoms with Crippen molar-refractivity contribution in [2.24, 2.45) is 0 Å². The Hall–Kier alpha value is -0.900. The summed E-state index contributed by atoms with van der Waals surface area (Å²) in [4.78, 5) is 0. The van der Waals surface area contributed by atoms with Crippen LogP contribution in [0.4, 0.5) is 0 Å². The highest BCUT2D eigenvalue weighted by molar-refractivity contribution is 5.24. The molecule has 0 saturated carbocycles. The van der Waals surface area contributed by atoms with Gasteiger partial charge in [0.25, 0.3) is 0 Å². The highest BCUT2D eigenvalue weighted by atomic mass is 16.5. The van der Waals surface area contributed by atoms with Crippen molar-refractivity contribution in [2.75, 3.05) is 13.2 Å². The third-order valence-electron chi connectivity index (χ3n) is 2.52. The summed E-state index contributed by atoms with van der Waals surface area (Å²) in [5.74, 6) is 0. The monoisotopic (exact) mass is 224 g/mol. The molecule has 1 aromatic carbocycles. The number of rotatable bonds is 7. The molecule has 0 radical (unpaired) electrons. The summed E-state index contributed by atoms with van der Waals surface area (Å²) >= 11 is 0. The molecule has 0 heterocycles. The number of hydrogen-bond donors (Lipinski definition) is 2. The predicted octanol–water partition coefficient (Wildman–Crippen LogP) is 1.65. The van der Waals surface area contributed by atoms with Gasteiger partial charge in [0, 0.05) is 6.61 Å². The van der Waals surface area contributed by atoms with E-state index in [4.69, 9.17) is 9.84 Å². The van der Waals surface area contributed by atoms with E-state index in [1.54, 1.807) is 0 Å². The summed E-state index contributed by atoms with van der Waals surface area (Å²) in [7, 11) is 0. The Kier molecular flexibility index (Phi) is 6.08. The van der Waals surface area contributed by atoms with Crippen molar-refractivity contribution in [3.8, 4) is 0 Å². The molecular formula is C13H20O3. The van der Waals surface area contributed by atoms with E-state index in [0.717, 1.165) is 5.56 Å². The first-order chi connectivity index (χ1) is 7.74. The van der Waals surface area contributed by atoms with E-state index in [1.807, 2.05) is 31.2 Å². The van der Waals surface area contributed by atoms with E-state index < -0.39 is 6.10 Å². The van der Waals surface area contributed by atoms with Gasteiger partial charge in [0.05, 0.1) is 19.3 Å². The molecule has 0 aliphatic heterocycles. The molecule has 0 spiro atoms. The first-order valence-electron chi connectivity index (χ1n) is 5.65. The molecule has 0 aliphatic rings. The largest absolute Gasteiger partial charge is 0.396 e. The van der Waals surface area contributed by atoms with Crippen LogP contribution in [0.25, 0.3) is 0 Å². The van der Waals surface area contributed by atoms with Crippen LogP contribution in [0, 0.1) is 6.92 Å². The molecule has 0 amide bonds. The predicted molar refractivity (Wildman–Crippen MR) is 63.2 cm³/mol. The van der Waals surface area contributed by atoms with Gasteiger partial charge in [-0.3, -0.25) is 0 Å². The Morgan fingerprint density at radius 3 is 2.75 bits per heavy atom. The molecule has 16 heavy (non-hydrogen) atoms. The Morgan fingerprint density at radius 2 is 2.06 bits per heavy atom. The topological polar surface area (TPSA) is 49.7 Å². The number of ether oxygens (including phenoxy) is 1. The second-order valence-electron chi connectivity index (χ2n) is 3.96. The highest BCUT2D eigenvalue weighted by Crippen LogP contribution is 2.08. The Labute approximate surface area is 96.7 Å². The van der Waals surface area contributed by atoms with Crippen LogP contribution in [0.2, 0.25) is 0 Å². The minimum Gasteiger partial charge on any atom is -0.396 e. The zero-order valence-electron chi connectivity index (χ0n) is 9.72. The second-order valence-corrected chi connectivity index (χ2v) is 3.96. The number of aliphatic hydroxyl groups excluding tert-OH is 2. The number of aryl methyl sites for hydroxylation is 1. The summed E-state index contributed by atoms with van der Waals surface area (Å²) < 4.78 is 5.43. The van der Waals surface area contributed by atoms with E-state index >= 15 is 0 Å². The van der Waals surface area contributed by atoms with Crippen molar-refractivity contribution < 1.29 is 14.9 Å². The van der Waals surface area contributed by atoms with Crippen molar-refractivity contribution in [3.63, 3.8) is 0 Å². The molecule has 0 aliphatic carbocycles. The standard InChI is InChI=1S/C13H20O3/c1-11-5-2-3-6-12(11)9-16-10-13(15)7-4-8-14/h2-3,5-6,13-15H,4,7-10H2,1H3. The van der Waals surface area contributed by atoms with E-state index in [2.05, 4.69) is 0 Å². The molecular weight excluding hydrogens is 204 g/mol. The lowest BCUT2D eigenvalue weighted by Gasteiger charge is -2.11. The average Bonchev–Trinajstić information content (AvgIpc) is 2.29. The molecule has 1 rings (SSSR count). The maximum absolute atomic E-state index is 9.49. The van der Waals surface area contributed by atoms with Crippen LogP contribution in [-0.4, -0.2) is 29.5 Å². The lowest BCUT2D eigenvalue weighted by atomic mass is 10.1. The highest BCUT2D eigenvalue weighted by Gasteiger charge is 2.04. The lowest BCUT2D eigenvalue weighted by Crippen LogP contribution is -2.15. The van der Waals surface area contributed by atoms with Crippen LogP contribution in [0.5, 0.6) is 0 Å². The summed E-state index contributed by atoms with van der Waals surface area (Å²) in [6, 6.07) is 8.04. The summed E-state index contributed by atoms with van der Waals surface area (Å²) in [6.45, 7) is 3.02. The third kappa shape index (κ3) is 4.75. The van der Waals surface area contributed by atoms with E-state index in [1.165, 1.54) is 5.56 Å². The van der Waals surface area contributed by atoms with Crippen LogP contribution in [-0.2, 0) is 11.3 Å². The number of aliphatic hydroxyl groups is 2. The minimum absolute atomic E-state index is 0.120. The van der Waals surface area contributed by atoms with Gasteiger partial charge in [0.1, 0.15) is 0 Å². The Morgan fingerprint density at radius 1 is 1.31 bits per heavy atom. The summed E-state index contributed by atoms with van der Waals surface area (Å²) in [6.07, 6.45) is 0.732. The van der Waals surface area contributed by atoms with Crippen molar-refractivity contribution >= 4 is 0 Å². The van der Waals surface area contributed by atoms with Crippen LogP contribution in [0.15, 0.2) is 24.3 Å². The van der Waals surface area contributed by atoms with Crippen molar-refractivity contribution in [1.29, 1.82) is 0 Å². The average molecular weight is 224 g/mol. The Bertz CT molecular complexity index is 299.